The van der Waals surface area contributed by atoms with Crippen LogP contribution in [0.25, 0.3) is 0 Å². The molecule has 1 aliphatic rings. The van der Waals surface area contributed by atoms with Crippen LogP contribution in [0.2, 0.25) is 5.02 Å². The minimum absolute atomic E-state index is 0.0397. The highest BCUT2D eigenvalue weighted by Crippen LogP contribution is 2.28. The van der Waals surface area contributed by atoms with Gasteiger partial charge in [0, 0.05) is 23.8 Å². The molecule has 1 atom stereocenters. The third-order valence-corrected chi connectivity index (χ3v) is 3.57. The second-order valence-corrected chi connectivity index (χ2v) is 5.05. The zero-order chi connectivity index (χ0) is 12.4. The van der Waals surface area contributed by atoms with E-state index in [0.29, 0.717) is 6.54 Å². The first kappa shape index (κ1) is 12.2. The van der Waals surface area contributed by atoms with Gasteiger partial charge in [-0.15, -0.1) is 0 Å². The molecular weight excluding hydrogens is 236 g/mol. The van der Waals surface area contributed by atoms with E-state index in [-0.39, 0.29) is 11.8 Å². The zero-order valence-electron chi connectivity index (χ0n) is 9.95. The summed E-state index contributed by atoms with van der Waals surface area (Å²) in [6.07, 6.45) is 1.89. The van der Waals surface area contributed by atoms with E-state index in [4.69, 9.17) is 17.3 Å². The summed E-state index contributed by atoms with van der Waals surface area (Å²) in [5.41, 5.74) is 7.68. The minimum atomic E-state index is -0.200. The van der Waals surface area contributed by atoms with Gasteiger partial charge in [-0.3, -0.25) is 4.79 Å². The number of piperidine rings is 1. The molecule has 1 amide bonds. The van der Waals surface area contributed by atoms with Gasteiger partial charge in [0.05, 0.1) is 5.92 Å². The summed E-state index contributed by atoms with van der Waals surface area (Å²) in [6, 6.07) is 5.85. The topological polar surface area (TPSA) is 46.3 Å². The third-order valence-electron chi connectivity index (χ3n) is 3.34. The van der Waals surface area contributed by atoms with E-state index in [1.165, 1.54) is 5.56 Å². The molecule has 92 valence electrons. The highest BCUT2D eigenvalue weighted by Gasteiger charge is 2.24. The average molecular weight is 253 g/mol. The van der Waals surface area contributed by atoms with Gasteiger partial charge < -0.3 is 10.6 Å². The number of nitrogens with two attached hydrogens (primary N) is 1. The fraction of sp³-hybridized carbons (Fsp3) is 0.462. The minimum Gasteiger partial charge on any atom is -0.370 e. The van der Waals surface area contributed by atoms with Crippen molar-refractivity contribution in [3.8, 4) is 0 Å². The van der Waals surface area contributed by atoms with Gasteiger partial charge in [0.2, 0.25) is 5.91 Å². The van der Waals surface area contributed by atoms with E-state index in [0.717, 1.165) is 30.1 Å². The Balaban J connectivity index is 2.21. The second kappa shape index (κ2) is 4.96. The van der Waals surface area contributed by atoms with Gasteiger partial charge in [-0.05, 0) is 37.5 Å². The van der Waals surface area contributed by atoms with E-state index in [1.807, 2.05) is 18.2 Å². The first-order valence-corrected chi connectivity index (χ1v) is 6.26. The molecule has 1 aliphatic heterocycles. The molecule has 4 heteroatoms. The number of aryl methyl sites for hydroxylation is 1. The molecule has 0 radical (unpaired) electrons. The number of nitrogens with zero attached hydrogens (tertiary/aromatic N) is 1. The maximum absolute atomic E-state index is 11.3. The molecule has 1 fully saturated rings. The summed E-state index contributed by atoms with van der Waals surface area (Å²) in [4.78, 5) is 13.5. The van der Waals surface area contributed by atoms with E-state index < -0.39 is 0 Å². The Bertz CT molecular complexity index is 433. The molecule has 1 saturated heterocycles. The van der Waals surface area contributed by atoms with Crippen molar-refractivity contribution in [2.24, 2.45) is 11.7 Å². The standard InChI is InChI=1S/C13H17ClN2O/c1-9-4-5-11(14)7-12(9)16-6-2-3-10(8-16)13(15)17/h4-5,7,10H,2-3,6,8H2,1H3,(H2,15,17). The number of primary amides is 1. The smallest absolute Gasteiger partial charge is 0.222 e. The quantitative estimate of drug-likeness (QED) is 0.878. The fourth-order valence-electron chi connectivity index (χ4n) is 2.35. The molecule has 1 heterocycles. The van der Waals surface area contributed by atoms with Crippen molar-refractivity contribution in [2.75, 3.05) is 18.0 Å². The molecule has 1 aromatic carbocycles. The lowest BCUT2D eigenvalue weighted by Gasteiger charge is -2.34. The molecule has 3 nitrogen and oxygen atoms in total. The summed E-state index contributed by atoms with van der Waals surface area (Å²) in [7, 11) is 0. The molecular formula is C13H17ClN2O. The van der Waals surface area contributed by atoms with Crippen molar-refractivity contribution in [2.45, 2.75) is 19.8 Å². The van der Waals surface area contributed by atoms with Crippen molar-refractivity contribution in [1.82, 2.24) is 0 Å². The van der Waals surface area contributed by atoms with E-state index in [1.54, 1.807) is 0 Å². The van der Waals surface area contributed by atoms with Crippen LogP contribution in [0.15, 0.2) is 18.2 Å². The monoisotopic (exact) mass is 252 g/mol. The normalized spacial score (nSPS) is 20.4. The number of amides is 1. The summed E-state index contributed by atoms with van der Waals surface area (Å²) in [5, 5.41) is 0.729. The van der Waals surface area contributed by atoms with Crippen LogP contribution >= 0.6 is 11.6 Å². The summed E-state index contributed by atoms with van der Waals surface area (Å²) >= 11 is 6.02. The average Bonchev–Trinajstić information content (AvgIpc) is 2.32. The maximum Gasteiger partial charge on any atom is 0.222 e. The van der Waals surface area contributed by atoms with Gasteiger partial charge in [0.1, 0.15) is 0 Å². The number of hydrogen-bond acceptors (Lipinski definition) is 2. The fourth-order valence-corrected chi connectivity index (χ4v) is 2.52. The molecule has 1 unspecified atom stereocenters. The molecule has 17 heavy (non-hydrogen) atoms. The summed E-state index contributed by atoms with van der Waals surface area (Å²) in [6.45, 7) is 3.72. The molecule has 0 spiro atoms. The Kier molecular flexibility index (Phi) is 3.57. The van der Waals surface area contributed by atoms with Crippen molar-refractivity contribution >= 4 is 23.2 Å². The van der Waals surface area contributed by atoms with E-state index in [2.05, 4.69) is 11.8 Å². The van der Waals surface area contributed by atoms with Gasteiger partial charge in [0.25, 0.3) is 0 Å². The lowest BCUT2D eigenvalue weighted by Crippen LogP contribution is -2.41. The van der Waals surface area contributed by atoms with Crippen molar-refractivity contribution in [1.29, 1.82) is 0 Å². The number of carbonyl (C=O) groups excluding carboxylic acids is 1. The number of anilines is 1. The lowest BCUT2D eigenvalue weighted by molar-refractivity contribution is -0.122. The first-order valence-electron chi connectivity index (χ1n) is 5.88. The molecule has 0 saturated carbocycles. The highest BCUT2D eigenvalue weighted by atomic mass is 35.5. The van der Waals surface area contributed by atoms with Crippen molar-refractivity contribution in [3.05, 3.63) is 28.8 Å². The van der Waals surface area contributed by atoms with Crippen LogP contribution in [-0.2, 0) is 4.79 Å². The Morgan fingerprint density at radius 1 is 1.53 bits per heavy atom. The molecule has 0 aliphatic carbocycles. The van der Waals surface area contributed by atoms with Gasteiger partial charge in [-0.25, -0.2) is 0 Å². The first-order chi connectivity index (χ1) is 8.08. The predicted molar refractivity (Wildman–Crippen MR) is 70.3 cm³/mol. The summed E-state index contributed by atoms with van der Waals surface area (Å²) in [5.74, 6) is -0.239. The SMILES string of the molecule is Cc1ccc(Cl)cc1N1CCCC(C(N)=O)C1. The zero-order valence-corrected chi connectivity index (χ0v) is 10.7. The molecule has 0 aromatic heterocycles. The predicted octanol–water partition coefficient (Wildman–Crippen LogP) is 2.35. The number of halogens is 1. The molecule has 1 aromatic rings. The van der Waals surface area contributed by atoms with Crippen molar-refractivity contribution in [3.63, 3.8) is 0 Å². The molecule has 2 rings (SSSR count). The number of rotatable bonds is 2. The molecule has 2 N–H and O–H groups in total. The Labute approximate surface area is 107 Å². The number of benzene rings is 1. The highest BCUT2D eigenvalue weighted by molar-refractivity contribution is 6.30. The van der Waals surface area contributed by atoms with E-state index in [9.17, 15) is 4.79 Å². The van der Waals surface area contributed by atoms with Gasteiger partial charge in [-0.2, -0.15) is 0 Å². The lowest BCUT2D eigenvalue weighted by atomic mass is 9.96. The Morgan fingerprint density at radius 3 is 3.00 bits per heavy atom. The van der Waals surface area contributed by atoms with E-state index >= 15 is 0 Å². The Hall–Kier alpha value is -1.22. The van der Waals surface area contributed by atoms with Crippen LogP contribution in [0.5, 0.6) is 0 Å². The van der Waals surface area contributed by atoms with Crippen LogP contribution in [-0.4, -0.2) is 19.0 Å². The van der Waals surface area contributed by atoms with Gasteiger partial charge in [-0.1, -0.05) is 17.7 Å². The Morgan fingerprint density at radius 2 is 2.29 bits per heavy atom. The summed E-state index contributed by atoms with van der Waals surface area (Å²) < 4.78 is 0. The number of carbonyl (C=O) groups is 1. The van der Waals surface area contributed by atoms with Gasteiger partial charge in [0.15, 0.2) is 0 Å². The van der Waals surface area contributed by atoms with Crippen molar-refractivity contribution < 1.29 is 4.79 Å². The molecule has 0 bridgehead atoms. The third kappa shape index (κ3) is 2.72. The van der Waals surface area contributed by atoms with Gasteiger partial charge >= 0.3 is 0 Å². The second-order valence-electron chi connectivity index (χ2n) is 4.62. The van der Waals surface area contributed by atoms with Crippen LogP contribution in [0.1, 0.15) is 18.4 Å². The van der Waals surface area contributed by atoms with Crippen LogP contribution in [0, 0.1) is 12.8 Å². The van der Waals surface area contributed by atoms with Crippen LogP contribution < -0.4 is 10.6 Å². The largest absolute Gasteiger partial charge is 0.370 e. The number of hydrogen-bond donors (Lipinski definition) is 1. The maximum atomic E-state index is 11.3. The van der Waals surface area contributed by atoms with Crippen LogP contribution in [0.3, 0.4) is 0 Å². The van der Waals surface area contributed by atoms with Crippen LogP contribution in [0.4, 0.5) is 5.69 Å².